The number of carbonyl (C=O) groups is 1. The third-order valence-corrected chi connectivity index (χ3v) is 3.03. The van der Waals surface area contributed by atoms with E-state index in [0.29, 0.717) is 18.7 Å². The minimum Gasteiger partial charge on any atom is -0.389 e. The van der Waals surface area contributed by atoms with E-state index < -0.39 is 0 Å². The van der Waals surface area contributed by atoms with Crippen LogP contribution in [0.2, 0.25) is 0 Å². The lowest BCUT2D eigenvalue weighted by molar-refractivity contribution is 0.00603. The van der Waals surface area contributed by atoms with Crippen molar-refractivity contribution in [2.24, 2.45) is 0 Å². The number of aliphatic hydroxyl groups is 1. The molecule has 4 heteroatoms. The predicted molar refractivity (Wildman–Crippen MR) is 63.7 cm³/mol. The molecule has 1 N–H and O–H groups in total. The van der Waals surface area contributed by atoms with Gasteiger partial charge in [0.1, 0.15) is 0 Å². The van der Waals surface area contributed by atoms with Crippen molar-refractivity contribution >= 4 is 16.8 Å². The van der Waals surface area contributed by atoms with Crippen LogP contribution < -0.4 is 0 Å². The Morgan fingerprint density at radius 3 is 2.88 bits per heavy atom. The van der Waals surface area contributed by atoms with Gasteiger partial charge in [-0.05, 0) is 18.2 Å². The maximum Gasteiger partial charge on any atom is 0.254 e. The van der Waals surface area contributed by atoms with E-state index in [1.165, 1.54) is 0 Å². The highest BCUT2D eigenvalue weighted by Crippen LogP contribution is 2.20. The van der Waals surface area contributed by atoms with Crippen molar-refractivity contribution in [1.82, 2.24) is 9.88 Å². The highest BCUT2D eigenvalue weighted by atomic mass is 16.3. The molecule has 1 aliphatic heterocycles. The number of fused-ring (bicyclic) bond motifs is 1. The summed E-state index contributed by atoms with van der Waals surface area (Å²) in [4.78, 5) is 18.0. The smallest absolute Gasteiger partial charge is 0.254 e. The minimum absolute atomic E-state index is 0.0334. The molecule has 0 unspecified atom stereocenters. The highest BCUT2D eigenvalue weighted by Gasteiger charge is 2.30. The van der Waals surface area contributed by atoms with Gasteiger partial charge in [0.05, 0.1) is 11.6 Å². The summed E-state index contributed by atoms with van der Waals surface area (Å²) >= 11 is 0. The Hall–Kier alpha value is -1.94. The van der Waals surface area contributed by atoms with Gasteiger partial charge in [0, 0.05) is 30.2 Å². The van der Waals surface area contributed by atoms with Crippen molar-refractivity contribution < 1.29 is 9.90 Å². The number of pyridine rings is 1. The van der Waals surface area contributed by atoms with Crippen LogP contribution in [0.3, 0.4) is 0 Å². The molecule has 4 nitrogen and oxygen atoms in total. The molecular formula is C13H12N2O2. The molecule has 0 spiro atoms. The number of aromatic nitrogens is 1. The van der Waals surface area contributed by atoms with Crippen molar-refractivity contribution in [1.29, 1.82) is 0 Å². The lowest BCUT2D eigenvalue weighted by atomic mass is 10.0. The number of amides is 1. The Morgan fingerprint density at radius 2 is 2.12 bits per heavy atom. The van der Waals surface area contributed by atoms with E-state index in [9.17, 15) is 9.90 Å². The van der Waals surface area contributed by atoms with E-state index in [4.69, 9.17) is 0 Å². The van der Waals surface area contributed by atoms with Crippen LogP contribution in [0, 0.1) is 0 Å². The molecular weight excluding hydrogens is 216 g/mol. The molecule has 0 radical (unpaired) electrons. The summed E-state index contributed by atoms with van der Waals surface area (Å²) < 4.78 is 0. The van der Waals surface area contributed by atoms with Gasteiger partial charge in [0.2, 0.25) is 0 Å². The Labute approximate surface area is 98.5 Å². The molecule has 3 rings (SSSR count). The normalized spacial score (nSPS) is 15.9. The van der Waals surface area contributed by atoms with Gasteiger partial charge in [0.15, 0.2) is 0 Å². The summed E-state index contributed by atoms with van der Waals surface area (Å²) in [5, 5.41) is 10.1. The number of benzene rings is 1. The molecule has 86 valence electrons. The molecule has 17 heavy (non-hydrogen) atoms. The average molecular weight is 228 g/mol. The van der Waals surface area contributed by atoms with Crippen molar-refractivity contribution in [3.8, 4) is 0 Å². The van der Waals surface area contributed by atoms with E-state index in [2.05, 4.69) is 4.98 Å². The zero-order valence-electron chi connectivity index (χ0n) is 9.21. The van der Waals surface area contributed by atoms with Gasteiger partial charge in [-0.1, -0.05) is 12.1 Å². The zero-order chi connectivity index (χ0) is 11.8. The van der Waals surface area contributed by atoms with Crippen LogP contribution in [0.5, 0.6) is 0 Å². The Bertz CT molecular complexity index is 571. The number of nitrogens with zero attached hydrogens (tertiary/aromatic N) is 2. The molecule has 1 aromatic carbocycles. The summed E-state index contributed by atoms with van der Waals surface area (Å²) in [7, 11) is 0. The molecule has 0 atom stereocenters. The van der Waals surface area contributed by atoms with E-state index in [-0.39, 0.29) is 12.0 Å². The molecule has 0 saturated carbocycles. The monoisotopic (exact) mass is 228 g/mol. The van der Waals surface area contributed by atoms with Gasteiger partial charge >= 0.3 is 0 Å². The van der Waals surface area contributed by atoms with E-state index in [1.807, 2.05) is 24.3 Å². The van der Waals surface area contributed by atoms with Gasteiger partial charge in [-0.3, -0.25) is 9.78 Å². The minimum atomic E-state index is -0.368. The van der Waals surface area contributed by atoms with Crippen LogP contribution >= 0.6 is 0 Å². The standard InChI is InChI=1S/C13H12N2O2/c16-9-7-15(8-9)13(17)11-3-1-5-12-10(11)4-2-6-14-12/h1-6,9,16H,7-8H2. The largest absolute Gasteiger partial charge is 0.389 e. The Kier molecular flexibility index (Phi) is 2.30. The quantitative estimate of drug-likeness (QED) is 0.793. The van der Waals surface area contributed by atoms with Crippen molar-refractivity contribution in [3.05, 3.63) is 42.1 Å². The van der Waals surface area contributed by atoms with Crippen LogP contribution in [-0.2, 0) is 0 Å². The molecule has 2 aromatic rings. The fourth-order valence-corrected chi connectivity index (χ4v) is 2.08. The Balaban J connectivity index is 2.02. The molecule has 1 fully saturated rings. The molecule has 0 aliphatic carbocycles. The number of aliphatic hydroxyl groups excluding tert-OH is 1. The number of β-amino-alcohol motifs (C(OH)–C–C–N with tert-alkyl or cyclic N) is 1. The first-order chi connectivity index (χ1) is 8.25. The Morgan fingerprint density at radius 1 is 1.29 bits per heavy atom. The number of rotatable bonds is 1. The lowest BCUT2D eigenvalue weighted by Gasteiger charge is -2.36. The number of hydrogen-bond donors (Lipinski definition) is 1. The second-order valence-corrected chi connectivity index (χ2v) is 4.24. The third kappa shape index (κ3) is 1.66. The molecule has 0 bridgehead atoms. The van der Waals surface area contributed by atoms with Crippen LogP contribution in [0.4, 0.5) is 0 Å². The maximum absolute atomic E-state index is 12.2. The lowest BCUT2D eigenvalue weighted by Crippen LogP contribution is -2.53. The van der Waals surface area contributed by atoms with Gasteiger partial charge in [-0.25, -0.2) is 0 Å². The third-order valence-electron chi connectivity index (χ3n) is 3.03. The van der Waals surface area contributed by atoms with Crippen molar-refractivity contribution in [2.45, 2.75) is 6.10 Å². The summed E-state index contributed by atoms with van der Waals surface area (Å²) in [5.41, 5.74) is 1.47. The van der Waals surface area contributed by atoms with Gasteiger partial charge in [-0.15, -0.1) is 0 Å². The maximum atomic E-state index is 12.2. The summed E-state index contributed by atoms with van der Waals surface area (Å²) in [6.07, 6.45) is 1.34. The first kappa shape index (κ1) is 10.2. The van der Waals surface area contributed by atoms with Crippen molar-refractivity contribution in [3.63, 3.8) is 0 Å². The van der Waals surface area contributed by atoms with Crippen LogP contribution in [0.25, 0.3) is 10.9 Å². The van der Waals surface area contributed by atoms with Crippen LogP contribution in [0.15, 0.2) is 36.5 Å². The highest BCUT2D eigenvalue weighted by molar-refractivity contribution is 6.06. The van der Waals surface area contributed by atoms with Crippen molar-refractivity contribution in [2.75, 3.05) is 13.1 Å². The van der Waals surface area contributed by atoms with E-state index in [0.717, 1.165) is 10.9 Å². The van der Waals surface area contributed by atoms with Crippen LogP contribution in [-0.4, -0.2) is 40.1 Å². The fraction of sp³-hybridized carbons (Fsp3) is 0.231. The van der Waals surface area contributed by atoms with Gasteiger partial charge < -0.3 is 10.0 Å². The first-order valence-electron chi connectivity index (χ1n) is 5.57. The predicted octanol–water partition coefficient (Wildman–Crippen LogP) is 1.05. The van der Waals surface area contributed by atoms with E-state index in [1.54, 1.807) is 17.2 Å². The summed E-state index contributed by atoms with van der Waals surface area (Å²) in [6, 6.07) is 9.24. The summed E-state index contributed by atoms with van der Waals surface area (Å²) in [6.45, 7) is 0.852. The van der Waals surface area contributed by atoms with Gasteiger partial charge in [-0.2, -0.15) is 0 Å². The van der Waals surface area contributed by atoms with E-state index >= 15 is 0 Å². The molecule has 2 heterocycles. The second kappa shape index (κ2) is 3.82. The number of hydrogen-bond acceptors (Lipinski definition) is 3. The second-order valence-electron chi connectivity index (χ2n) is 4.24. The molecule has 1 aliphatic rings. The van der Waals surface area contributed by atoms with Gasteiger partial charge in [0.25, 0.3) is 5.91 Å². The molecule has 1 amide bonds. The number of likely N-dealkylation sites (tertiary alicyclic amines) is 1. The molecule has 1 aromatic heterocycles. The first-order valence-corrected chi connectivity index (χ1v) is 5.57. The summed E-state index contributed by atoms with van der Waals surface area (Å²) in [5.74, 6) is -0.0334. The SMILES string of the molecule is O=C(c1cccc2ncccc12)N1CC(O)C1. The topological polar surface area (TPSA) is 53.4 Å². The number of carbonyl (C=O) groups excluding carboxylic acids is 1. The average Bonchev–Trinajstić information content (AvgIpc) is 2.33. The fourth-order valence-electron chi connectivity index (χ4n) is 2.08. The molecule has 1 saturated heterocycles. The van der Waals surface area contributed by atoms with Crippen LogP contribution in [0.1, 0.15) is 10.4 Å². The zero-order valence-corrected chi connectivity index (χ0v) is 9.21.